The van der Waals surface area contributed by atoms with Crippen molar-refractivity contribution in [2.24, 2.45) is 0 Å². The smallest absolute Gasteiger partial charge is 0.261 e. The van der Waals surface area contributed by atoms with Gasteiger partial charge in [-0.15, -0.1) is 0 Å². The number of carbonyl (C=O) groups excluding carboxylic acids is 1. The minimum atomic E-state index is -0.141. The summed E-state index contributed by atoms with van der Waals surface area (Å²) in [5, 5.41) is 7.59. The summed E-state index contributed by atoms with van der Waals surface area (Å²) >= 11 is 0. The molecule has 3 rings (SSSR count). The van der Waals surface area contributed by atoms with E-state index in [9.17, 15) is 4.79 Å². The quantitative estimate of drug-likeness (QED) is 0.840. The minimum Gasteiger partial charge on any atom is -0.465 e. The van der Waals surface area contributed by atoms with Crippen molar-refractivity contribution in [3.05, 3.63) is 23.5 Å². The normalized spacial score (nSPS) is 18.2. The third-order valence-electron chi connectivity index (χ3n) is 3.36. The number of carbonyl (C=O) groups is 1. The van der Waals surface area contributed by atoms with E-state index in [4.69, 9.17) is 13.8 Å². The van der Waals surface area contributed by atoms with Crippen LogP contribution < -0.4 is 4.74 Å². The monoisotopic (exact) mass is 292 g/mol. The van der Waals surface area contributed by atoms with Gasteiger partial charge in [-0.25, -0.2) is 0 Å². The van der Waals surface area contributed by atoms with E-state index in [1.54, 1.807) is 24.8 Å². The van der Waals surface area contributed by atoms with E-state index in [2.05, 4.69) is 15.3 Å². The summed E-state index contributed by atoms with van der Waals surface area (Å²) in [6.45, 7) is 4.07. The van der Waals surface area contributed by atoms with Crippen molar-refractivity contribution < 1.29 is 18.6 Å². The second-order valence-corrected chi connectivity index (χ2v) is 4.98. The molecule has 2 aromatic rings. The van der Waals surface area contributed by atoms with Gasteiger partial charge < -0.3 is 18.7 Å². The second-order valence-electron chi connectivity index (χ2n) is 4.98. The Kier molecular flexibility index (Phi) is 3.59. The fraction of sp³-hybridized carbons (Fsp3) is 0.538. The summed E-state index contributed by atoms with van der Waals surface area (Å²) in [6.07, 6.45) is 1.74. The highest BCUT2D eigenvalue weighted by atomic mass is 16.5. The molecule has 0 saturated carbocycles. The van der Waals surface area contributed by atoms with Crippen LogP contribution in [0.3, 0.4) is 0 Å². The Morgan fingerprint density at radius 1 is 1.43 bits per heavy atom. The van der Waals surface area contributed by atoms with E-state index < -0.39 is 0 Å². The highest BCUT2D eigenvalue weighted by molar-refractivity contribution is 5.78. The lowest BCUT2D eigenvalue weighted by Crippen LogP contribution is -2.34. The van der Waals surface area contributed by atoms with E-state index >= 15 is 0 Å². The van der Waals surface area contributed by atoms with Crippen LogP contribution in [0.4, 0.5) is 0 Å². The van der Waals surface area contributed by atoms with Crippen LogP contribution in [0.15, 0.2) is 15.1 Å². The Morgan fingerprint density at radius 2 is 2.29 bits per heavy atom. The van der Waals surface area contributed by atoms with Crippen molar-refractivity contribution in [1.82, 2.24) is 20.2 Å². The lowest BCUT2D eigenvalue weighted by molar-refractivity contribution is -0.134. The summed E-state index contributed by atoms with van der Waals surface area (Å²) < 4.78 is 15.2. The molecule has 1 fully saturated rings. The third kappa shape index (κ3) is 2.88. The van der Waals surface area contributed by atoms with Gasteiger partial charge in [-0.05, 0) is 24.9 Å². The van der Waals surface area contributed by atoms with Gasteiger partial charge in [0, 0.05) is 19.5 Å². The van der Waals surface area contributed by atoms with Crippen LogP contribution in [0, 0.1) is 13.8 Å². The molecule has 2 aromatic heterocycles. The first-order valence-corrected chi connectivity index (χ1v) is 6.79. The Bertz CT molecular complexity index is 636. The molecule has 0 radical (unpaired) electrons. The Morgan fingerprint density at radius 3 is 2.95 bits per heavy atom. The van der Waals surface area contributed by atoms with Crippen molar-refractivity contribution in [3.8, 4) is 5.88 Å². The molecular weight excluding hydrogens is 276 g/mol. The number of rotatable bonds is 4. The Hall–Kier alpha value is -2.38. The summed E-state index contributed by atoms with van der Waals surface area (Å²) in [7, 11) is 0. The van der Waals surface area contributed by atoms with Gasteiger partial charge in [0.05, 0.1) is 6.04 Å². The topological polar surface area (TPSA) is 94.5 Å². The van der Waals surface area contributed by atoms with Crippen LogP contribution in [0.5, 0.6) is 5.88 Å². The molecular formula is C13H16N4O4. The lowest BCUT2D eigenvalue weighted by Gasteiger charge is -2.21. The molecule has 8 heteroatoms. The van der Waals surface area contributed by atoms with Gasteiger partial charge in [0.15, 0.2) is 12.4 Å². The maximum Gasteiger partial charge on any atom is 0.261 e. The van der Waals surface area contributed by atoms with Gasteiger partial charge >= 0.3 is 0 Å². The molecule has 0 unspecified atom stereocenters. The average Bonchev–Trinajstić information content (AvgIpc) is 3.16. The van der Waals surface area contributed by atoms with E-state index in [0.29, 0.717) is 29.9 Å². The van der Waals surface area contributed by atoms with Crippen molar-refractivity contribution in [2.75, 3.05) is 13.2 Å². The predicted molar refractivity (Wildman–Crippen MR) is 69.5 cm³/mol. The molecule has 1 aliphatic heterocycles. The SMILES string of the molecule is Cc1cc(OCC(=O)N2CCC[C@H]2c2noc(C)n2)no1. The van der Waals surface area contributed by atoms with Crippen LogP contribution in [-0.4, -0.2) is 39.3 Å². The third-order valence-corrected chi connectivity index (χ3v) is 3.36. The molecule has 0 aliphatic carbocycles. The number of amides is 1. The second kappa shape index (κ2) is 5.55. The molecule has 0 bridgehead atoms. The van der Waals surface area contributed by atoms with E-state index in [-0.39, 0.29) is 18.6 Å². The lowest BCUT2D eigenvalue weighted by atomic mass is 10.2. The van der Waals surface area contributed by atoms with Gasteiger partial charge in [0.1, 0.15) is 5.76 Å². The van der Waals surface area contributed by atoms with Crippen LogP contribution in [0.1, 0.15) is 36.4 Å². The maximum atomic E-state index is 12.3. The zero-order chi connectivity index (χ0) is 14.8. The highest BCUT2D eigenvalue weighted by Crippen LogP contribution is 2.30. The maximum absolute atomic E-state index is 12.3. The van der Waals surface area contributed by atoms with Gasteiger partial charge in [-0.2, -0.15) is 4.98 Å². The van der Waals surface area contributed by atoms with Crippen LogP contribution >= 0.6 is 0 Å². The van der Waals surface area contributed by atoms with Crippen molar-refractivity contribution in [1.29, 1.82) is 0 Å². The van der Waals surface area contributed by atoms with E-state index in [1.807, 2.05) is 0 Å². The molecule has 1 atom stereocenters. The molecule has 1 saturated heterocycles. The summed E-state index contributed by atoms with van der Waals surface area (Å²) in [5.74, 6) is 1.88. The molecule has 0 spiro atoms. The molecule has 3 heterocycles. The fourth-order valence-corrected chi connectivity index (χ4v) is 2.41. The Balaban J connectivity index is 1.63. The van der Waals surface area contributed by atoms with Gasteiger partial charge in [0.2, 0.25) is 5.89 Å². The van der Waals surface area contributed by atoms with Gasteiger partial charge in [-0.3, -0.25) is 4.79 Å². The number of aromatic nitrogens is 3. The number of aryl methyl sites for hydroxylation is 2. The summed E-state index contributed by atoms with van der Waals surface area (Å²) in [4.78, 5) is 18.2. The van der Waals surface area contributed by atoms with Crippen molar-refractivity contribution >= 4 is 5.91 Å². The molecule has 1 aliphatic rings. The fourth-order valence-electron chi connectivity index (χ4n) is 2.41. The number of likely N-dealkylation sites (tertiary alicyclic amines) is 1. The molecule has 112 valence electrons. The largest absolute Gasteiger partial charge is 0.465 e. The standard InChI is InChI=1S/C13H16N4O4/c1-8-6-11(15-20-8)19-7-12(18)17-5-3-4-10(17)13-14-9(2)21-16-13/h6,10H,3-5,7H2,1-2H3/t10-/m0/s1. The molecule has 8 nitrogen and oxygen atoms in total. The highest BCUT2D eigenvalue weighted by Gasteiger charge is 2.33. The summed E-state index contributed by atoms with van der Waals surface area (Å²) in [6, 6.07) is 1.50. The van der Waals surface area contributed by atoms with Gasteiger partial charge in [-0.1, -0.05) is 5.16 Å². The number of hydrogen-bond donors (Lipinski definition) is 0. The number of nitrogens with zero attached hydrogens (tertiary/aromatic N) is 4. The zero-order valence-corrected chi connectivity index (χ0v) is 11.9. The van der Waals surface area contributed by atoms with Crippen LogP contribution in [0.25, 0.3) is 0 Å². The van der Waals surface area contributed by atoms with E-state index in [1.165, 1.54) is 0 Å². The first kappa shape index (κ1) is 13.6. The molecule has 0 aromatic carbocycles. The summed E-state index contributed by atoms with van der Waals surface area (Å²) in [5.41, 5.74) is 0. The number of hydrogen-bond acceptors (Lipinski definition) is 7. The minimum absolute atomic E-state index is 0.0840. The number of ether oxygens (including phenoxy) is 1. The van der Waals surface area contributed by atoms with Gasteiger partial charge in [0.25, 0.3) is 11.8 Å². The van der Waals surface area contributed by atoms with Crippen molar-refractivity contribution in [2.45, 2.75) is 32.7 Å². The van der Waals surface area contributed by atoms with E-state index in [0.717, 1.165) is 12.8 Å². The Labute approximate surface area is 121 Å². The molecule has 0 N–H and O–H groups in total. The van der Waals surface area contributed by atoms with Crippen molar-refractivity contribution in [3.63, 3.8) is 0 Å². The first-order valence-electron chi connectivity index (χ1n) is 6.79. The predicted octanol–water partition coefficient (Wildman–Crippen LogP) is 1.42. The first-order chi connectivity index (χ1) is 10.1. The average molecular weight is 292 g/mol. The molecule has 21 heavy (non-hydrogen) atoms. The zero-order valence-electron chi connectivity index (χ0n) is 11.9. The van der Waals surface area contributed by atoms with Crippen LogP contribution in [0.2, 0.25) is 0 Å². The molecule has 1 amide bonds. The van der Waals surface area contributed by atoms with Crippen LogP contribution in [-0.2, 0) is 4.79 Å².